The molecule has 15 heavy (non-hydrogen) atoms. The average Bonchev–Trinajstić information content (AvgIpc) is 2.67. The largest absolute Gasteiger partial charge is 0.476 e. The zero-order valence-electron chi connectivity index (χ0n) is 7.46. The third kappa shape index (κ3) is 1.69. The molecule has 2 rings (SSSR count). The van der Waals surface area contributed by atoms with E-state index in [1.54, 1.807) is 0 Å². The van der Waals surface area contributed by atoms with Crippen LogP contribution in [0.2, 0.25) is 0 Å². The SMILES string of the molecule is O=C(O)c1cn(-c2ncccc2F)cn1. The van der Waals surface area contributed by atoms with Gasteiger partial charge in [-0.1, -0.05) is 0 Å². The highest BCUT2D eigenvalue weighted by molar-refractivity contribution is 5.85. The van der Waals surface area contributed by atoms with Crippen molar-refractivity contribution in [2.24, 2.45) is 0 Å². The van der Waals surface area contributed by atoms with Gasteiger partial charge in [-0.25, -0.2) is 19.2 Å². The van der Waals surface area contributed by atoms with Crippen molar-refractivity contribution in [1.82, 2.24) is 14.5 Å². The normalized spacial score (nSPS) is 10.2. The Bertz CT molecular complexity index is 510. The Morgan fingerprint density at radius 3 is 2.87 bits per heavy atom. The van der Waals surface area contributed by atoms with Crippen LogP contribution < -0.4 is 0 Å². The van der Waals surface area contributed by atoms with E-state index in [2.05, 4.69) is 9.97 Å². The van der Waals surface area contributed by atoms with Crippen LogP contribution in [0.3, 0.4) is 0 Å². The van der Waals surface area contributed by atoms with E-state index in [9.17, 15) is 9.18 Å². The lowest BCUT2D eigenvalue weighted by Gasteiger charge is -2.00. The molecule has 5 nitrogen and oxygen atoms in total. The summed E-state index contributed by atoms with van der Waals surface area (Å²) in [6.45, 7) is 0. The number of carbonyl (C=O) groups is 1. The van der Waals surface area contributed by atoms with Crippen molar-refractivity contribution in [1.29, 1.82) is 0 Å². The molecule has 76 valence electrons. The number of pyridine rings is 1. The molecule has 0 fully saturated rings. The molecule has 0 atom stereocenters. The molecule has 2 aromatic rings. The number of aromatic carboxylic acids is 1. The number of halogens is 1. The highest BCUT2D eigenvalue weighted by Gasteiger charge is 2.10. The molecular weight excluding hydrogens is 201 g/mol. The first-order valence-electron chi connectivity index (χ1n) is 4.06. The van der Waals surface area contributed by atoms with Crippen LogP contribution in [-0.2, 0) is 0 Å². The Hall–Kier alpha value is -2.24. The maximum absolute atomic E-state index is 13.2. The van der Waals surface area contributed by atoms with Crippen molar-refractivity contribution < 1.29 is 14.3 Å². The summed E-state index contributed by atoms with van der Waals surface area (Å²) in [5.74, 6) is -1.67. The molecule has 0 spiro atoms. The zero-order chi connectivity index (χ0) is 10.8. The minimum atomic E-state index is -1.16. The van der Waals surface area contributed by atoms with Crippen molar-refractivity contribution in [2.75, 3.05) is 0 Å². The third-order valence-corrected chi connectivity index (χ3v) is 1.79. The van der Waals surface area contributed by atoms with E-state index >= 15 is 0 Å². The summed E-state index contributed by atoms with van der Waals surface area (Å²) in [6.07, 6.45) is 3.82. The first kappa shape index (κ1) is 9.32. The molecule has 0 amide bonds. The van der Waals surface area contributed by atoms with Crippen molar-refractivity contribution in [3.8, 4) is 5.82 Å². The van der Waals surface area contributed by atoms with Gasteiger partial charge in [-0.3, -0.25) is 4.57 Å². The molecule has 2 aromatic heterocycles. The van der Waals surface area contributed by atoms with Gasteiger partial charge in [0.1, 0.15) is 6.33 Å². The lowest BCUT2D eigenvalue weighted by atomic mass is 10.4. The van der Waals surface area contributed by atoms with Crippen molar-refractivity contribution in [3.05, 3.63) is 42.4 Å². The van der Waals surface area contributed by atoms with Gasteiger partial charge in [0.15, 0.2) is 17.3 Å². The summed E-state index contributed by atoms with van der Waals surface area (Å²) < 4.78 is 14.4. The Labute approximate surface area is 83.8 Å². The van der Waals surface area contributed by atoms with Crippen molar-refractivity contribution in [2.45, 2.75) is 0 Å². The molecule has 0 aliphatic rings. The monoisotopic (exact) mass is 207 g/mol. The molecule has 2 heterocycles. The van der Waals surface area contributed by atoms with E-state index in [1.165, 1.54) is 35.4 Å². The van der Waals surface area contributed by atoms with Gasteiger partial charge in [0.2, 0.25) is 0 Å². The van der Waals surface area contributed by atoms with Gasteiger partial charge in [0.05, 0.1) is 0 Å². The smallest absolute Gasteiger partial charge is 0.356 e. The molecule has 0 aromatic carbocycles. The average molecular weight is 207 g/mol. The standard InChI is InChI=1S/C9H6FN3O2/c10-6-2-1-3-11-8(6)13-4-7(9(14)15)12-5-13/h1-5H,(H,14,15). The Balaban J connectivity index is 2.46. The molecule has 0 aliphatic carbocycles. The molecule has 0 aliphatic heterocycles. The maximum Gasteiger partial charge on any atom is 0.356 e. The number of carboxylic acid groups (broad SMARTS) is 1. The minimum Gasteiger partial charge on any atom is -0.476 e. The maximum atomic E-state index is 13.2. The first-order chi connectivity index (χ1) is 7.18. The predicted octanol–water partition coefficient (Wildman–Crippen LogP) is 1.10. The summed E-state index contributed by atoms with van der Waals surface area (Å²) >= 11 is 0. The molecule has 1 N–H and O–H groups in total. The number of aromatic nitrogens is 3. The number of carboxylic acids is 1. The topological polar surface area (TPSA) is 68.0 Å². The fourth-order valence-electron chi connectivity index (χ4n) is 1.12. The zero-order valence-corrected chi connectivity index (χ0v) is 7.46. The third-order valence-electron chi connectivity index (χ3n) is 1.79. The number of hydrogen-bond donors (Lipinski definition) is 1. The second-order valence-electron chi connectivity index (χ2n) is 2.78. The van der Waals surface area contributed by atoms with Gasteiger partial charge in [-0.2, -0.15) is 0 Å². The predicted molar refractivity (Wildman–Crippen MR) is 48.3 cm³/mol. The quantitative estimate of drug-likeness (QED) is 0.800. The Morgan fingerprint density at radius 2 is 2.27 bits per heavy atom. The Morgan fingerprint density at radius 1 is 1.47 bits per heavy atom. The van der Waals surface area contributed by atoms with E-state index in [-0.39, 0.29) is 11.5 Å². The van der Waals surface area contributed by atoms with Crippen LogP contribution in [0.1, 0.15) is 10.5 Å². The van der Waals surface area contributed by atoms with E-state index in [0.29, 0.717) is 0 Å². The summed E-state index contributed by atoms with van der Waals surface area (Å²) in [7, 11) is 0. The molecule has 0 unspecified atom stereocenters. The second kappa shape index (κ2) is 3.49. The number of rotatable bonds is 2. The van der Waals surface area contributed by atoms with Crippen LogP contribution in [0, 0.1) is 5.82 Å². The second-order valence-corrected chi connectivity index (χ2v) is 2.78. The fourth-order valence-corrected chi connectivity index (χ4v) is 1.12. The van der Waals surface area contributed by atoms with Crippen LogP contribution in [0.25, 0.3) is 5.82 Å². The van der Waals surface area contributed by atoms with Crippen LogP contribution in [0.4, 0.5) is 4.39 Å². The summed E-state index contributed by atoms with van der Waals surface area (Å²) in [6, 6.07) is 2.69. The van der Waals surface area contributed by atoms with Crippen LogP contribution in [0.5, 0.6) is 0 Å². The molecular formula is C9H6FN3O2. The van der Waals surface area contributed by atoms with Gasteiger partial charge in [-0.05, 0) is 12.1 Å². The van der Waals surface area contributed by atoms with Gasteiger partial charge in [0.25, 0.3) is 0 Å². The lowest BCUT2D eigenvalue weighted by Crippen LogP contribution is -1.99. The van der Waals surface area contributed by atoms with E-state index in [4.69, 9.17) is 5.11 Å². The molecule has 0 bridgehead atoms. The first-order valence-corrected chi connectivity index (χ1v) is 4.06. The Kier molecular flexibility index (Phi) is 2.17. The number of hydrogen-bond acceptors (Lipinski definition) is 3. The van der Waals surface area contributed by atoms with E-state index in [1.807, 2.05) is 0 Å². The summed E-state index contributed by atoms with van der Waals surface area (Å²) in [5, 5.41) is 8.62. The highest BCUT2D eigenvalue weighted by atomic mass is 19.1. The van der Waals surface area contributed by atoms with Crippen LogP contribution >= 0.6 is 0 Å². The van der Waals surface area contributed by atoms with Gasteiger partial charge in [-0.15, -0.1) is 0 Å². The fraction of sp³-hybridized carbons (Fsp3) is 0. The molecule has 0 saturated carbocycles. The van der Waals surface area contributed by atoms with Gasteiger partial charge in [0, 0.05) is 12.4 Å². The molecule has 6 heteroatoms. The van der Waals surface area contributed by atoms with Crippen molar-refractivity contribution >= 4 is 5.97 Å². The van der Waals surface area contributed by atoms with E-state index < -0.39 is 11.8 Å². The molecule has 0 radical (unpaired) electrons. The lowest BCUT2D eigenvalue weighted by molar-refractivity contribution is 0.0691. The minimum absolute atomic E-state index is 0.0255. The van der Waals surface area contributed by atoms with Gasteiger partial charge >= 0.3 is 5.97 Å². The highest BCUT2D eigenvalue weighted by Crippen LogP contribution is 2.09. The van der Waals surface area contributed by atoms with Crippen molar-refractivity contribution in [3.63, 3.8) is 0 Å². The number of imidazole rings is 1. The summed E-state index contributed by atoms with van der Waals surface area (Å²) in [4.78, 5) is 17.9. The summed E-state index contributed by atoms with van der Waals surface area (Å²) in [5.41, 5.74) is -0.153. The molecule has 0 saturated heterocycles. The van der Waals surface area contributed by atoms with Crippen LogP contribution in [-0.4, -0.2) is 25.6 Å². The van der Waals surface area contributed by atoms with Crippen LogP contribution in [0.15, 0.2) is 30.9 Å². The van der Waals surface area contributed by atoms with Gasteiger partial charge < -0.3 is 5.11 Å². The van der Waals surface area contributed by atoms with E-state index in [0.717, 1.165) is 0 Å². The number of nitrogens with zero attached hydrogens (tertiary/aromatic N) is 3.